The Hall–Kier alpha value is 0.130. The maximum atomic E-state index is 9.22. The fourth-order valence-corrected chi connectivity index (χ4v) is 1.04. The van der Waals surface area contributed by atoms with Crippen LogP contribution in [-0.4, -0.2) is 52.7 Å². The van der Waals surface area contributed by atoms with Gasteiger partial charge in [-0.05, 0) is 6.92 Å². The summed E-state index contributed by atoms with van der Waals surface area (Å²) in [4.78, 5) is 0. The van der Waals surface area contributed by atoms with Crippen LogP contribution in [0.4, 0.5) is 0 Å². The summed E-state index contributed by atoms with van der Waals surface area (Å²) in [6.45, 7) is 1.65. The molecule has 0 aromatic carbocycles. The summed E-state index contributed by atoms with van der Waals surface area (Å²) >= 11 is 5.36. The first-order chi connectivity index (χ1) is 5.67. The molecule has 2 unspecified atom stereocenters. The standard InChI is InChI=1S/C7H15ClO4/c1-2-12-7(5(10)3-8)6(11)4-9/h5-7,9-11H,2-4H2,1H3/t5?,6?,7-/m1/s1. The van der Waals surface area contributed by atoms with Gasteiger partial charge in [0.05, 0.1) is 18.6 Å². The predicted molar refractivity (Wildman–Crippen MR) is 45.2 cm³/mol. The van der Waals surface area contributed by atoms with Gasteiger partial charge < -0.3 is 20.1 Å². The van der Waals surface area contributed by atoms with Crippen LogP contribution in [0.25, 0.3) is 0 Å². The molecule has 0 amide bonds. The highest BCUT2D eigenvalue weighted by molar-refractivity contribution is 6.18. The molecule has 74 valence electrons. The van der Waals surface area contributed by atoms with Gasteiger partial charge in [-0.25, -0.2) is 0 Å². The zero-order valence-electron chi connectivity index (χ0n) is 6.98. The predicted octanol–water partition coefficient (Wildman–Crippen LogP) is -0.656. The summed E-state index contributed by atoms with van der Waals surface area (Å²) in [5.74, 6) is -0.0261. The summed E-state index contributed by atoms with van der Waals surface area (Å²) in [6, 6.07) is 0. The Balaban J connectivity index is 4.01. The number of rotatable bonds is 6. The van der Waals surface area contributed by atoms with Gasteiger partial charge in [-0.3, -0.25) is 0 Å². The van der Waals surface area contributed by atoms with Crippen LogP contribution in [0, 0.1) is 0 Å². The molecule has 0 fully saturated rings. The minimum Gasteiger partial charge on any atom is -0.394 e. The average molecular weight is 199 g/mol. The molecular weight excluding hydrogens is 184 g/mol. The first-order valence-corrected chi connectivity index (χ1v) is 4.35. The highest BCUT2D eigenvalue weighted by Gasteiger charge is 2.26. The van der Waals surface area contributed by atoms with Gasteiger partial charge in [-0.2, -0.15) is 0 Å². The Labute approximate surface area is 76.7 Å². The van der Waals surface area contributed by atoms with E-state index in [1.54, 1.807) is 6.92 Å². The Kier molecular flexibility index (Phi) is 6.70. The molecule has 0 aromatic rings. The van der Waals surface area contributed by atoms with Gasteiger partial charge in [0.2, 0.25) is 0 Å². The number of alkyl halides is 1. The smallest absolute Gasteiger partial charge is 0.113 e. The second-order valence-electron chi connectivity index (χ2n) is 2.39. The van der Waals surface area contributed by atoms with Crippen LogP contribution < -0.4 is 0 Å². The van der Waals surface area contributed by atoms with Gasteiger partial charge in [0.15, 0.2) is 0 Å². The number of ether oxygens (including phenoxy) is 1. The van der Waals surface area contributed by atoms with Crippen molar-refractivity contribution in [3.63, 3.8) is 0 Å². The number of aliphatic hydroxyl groups excluding tert-OH is 3. The van der Waals surface area contributed by atoms with Crippen molar-refractivity contribution < 1.29 is 20.1 Å². The topological polar surface area (TPSA) is 69.9 Å². The Morgan fingerprint density at radius 3 is 2.25 bits per heavy atom. The van der Waals surface area contributed by atoms with E-state index in [2.05, 4.69) is 0 Å². The zero-order valence-corrected chi connectivity index (χ0v) is 7.74. The normalized spacial score (nSPS) is 18.8. The van der Waals surface area contributed by atoms with Crippen molar-refractivity contribution in [2.45, 2.75) is 25.2 Å². The Bertz CT molecular complexity index is 102. The lowest BCUT2D eigenvalue weighted by Crippen LogP contribution is -2.42. The average Bonchev–Trinajstić information content (AvgIpc) is 2.11. The van der Waals surface area contributed by atoms with Crippen LogP contribution >= 0.6 is 11.6 Å². The number of hydrogen-bond donors (Lipinski definition) is 3. The molecule has 12 heavy (non-hydrogen) atoms. The van der Waals surface area contributed by atoms with Gasteiger partial charge in [0.1, 0.15) is 12.2 Å². The van der Waals surface area contributed by atoms with Crippen molar-refractivity contribution in [1.82, 2.24) is 0 Å². The molecule has 0 bridgehead atoms. The highest BCUT2D eigenvalue weighted by atomic mass is 35.5. The van der Waals surface area contributed by atoms with Crippen molar-refractivity contribution in [2.24, 2.45) is 0 Å². The molecule has 0 aliphatic rings. The van der Waals surface area contributed by atoms with Gasteiger partial charge in [-0.1, -0.05) is 0 Å². The van der Waals surface area contributed by atoms with E-state index >= 15 is 0 Å². The van der Waals surface area contributed by atoms with Crippen LogP contribution in [0.2, 0.25) is 0 Å². The van der Waals surface area contributed by atoms with Crippen molar-refractivity contribution in [3.05, 3.63) is 0 Å². The van der Waals surface area contributed by atoms with E-state index < -0.39 is 24.9 Å². The largest absolute Gasteiger partial charge is 0.394 e. The van der Waals surface area contributed by atoms with Gasteiger partial charge in [0.25, 0.3) is 0 Å². The van der Waals surface area contributed by atoms with Crippen molar-refractivity contribution in [1.29, 1.82) is 0 Å². The van der Waals surface area contributed by atoms with E-state index in [1.165, 1.54) is 0 Å². The molecule has 0 heterocycles. The Morgan fingerprint density at radius 2 is 1.92 bits per heavy atom. The van der Waals surface area contributed by atoms with Crippen LogP contribution in [0.1, 0.15) is 6.92 Å². The molecule has 0 saturated heterocycles. The number of aliphatic hydroxyl groups is 3. The van der Waals surface area contributed by atoms with Crippen molar-refractivity contribution in [2.75, 3.05) is 19.1 Å². The summed E-state index contributed by atoms with van der Waals surface area (Å²) in [6.07, 6.45) is -2.84. The van der Waals surface area contributed by atoms with Crippen molar-refractivity contribution >= 4 is 11.6 Å². The summed E-state index contributed by atoms with van der Waals surface area (Å²) < 4.78 is 5.00. The molecule has 0 radical (unpaired) electrons. The van der Waals surface area contributed by atoms with E-state index in [4.69, 9.17) is 26.6 Å². The maximum absolute atomic E-state index is 9.22. The Morgan fingerprint density at radius 1 is 1.33 bits per heavy atom. The van der Waals surface area contributed by atoms with Crippen LogP contribution in [0.15, 0.2) is 0 Å². The quantitative estimate of drug-likeness (QED) is 0.496. The zero-order chi connectivity index (χ0) is 9.56. The summed E-state index contributed by atoms with van der Waals surface area (Å²) in [7, 11) is 0. The molecule has 0 spiro atoms. The fraction of sp³-hybridized carbons (Fsp3) is 1.00. The van der Waals surface area contributed by atoms with Crippen LogP contribution in [0.5, 0.6) is 0 Å². The first kappa shape index (κ1) is 12.1. The van der Waals surface area contributed by atoms with E-state index in [0.29, 0.717) is 6.61 Å². The van der Waals surface area contributed by atoms with Gasteiger partial charge in [-0.15, -0.1) is 11.6 Å². The molecule has 0 aliphatic carbocycles. The third-order valence-electron chi connectivity index (χ3n) is 1.46. The number of hydrogen-bond acceptors (Lipinski definition) is 4. The first-order valence-electron chi connectivity index (χ1n) is 3.81. The van der Waals surface area contributed by atoms with E-state index in [1.807, 2.05) is 0 Å². The minimum absolute atomic E-state index is 0.0261. The lowest BCUT2D eigenvalue weighted by Gasteiger charge is -2.24. The molecule has 5 heteroatoms. The summed E-state index contributed by atoms with van der Waals surface area (Å²) in [5, 5.41) is 27.0. The third kappa shape index (κ3) is 3.69. The highest BCUT2D eigenvalue weighted by Crippen LogP contribution is 2.06. The summed E-state index contributed by atoms with van der Waals surface area (Å²) in [5.41, 5.74) is 0. The molecule has 0 saturated carbocycles. The molecular formula is C7H15ClO4. The second kappa shape index (κ2) is 6.62. The van der Waals surface area contributed by atoms with Gasteiger partial charge in [0, 0.05) is 6.61 Å². The van der Waals surface area contributed by atoms with E-state index in [0.717, 1.165) is 0 Å². The molecule has 3 atom stereocenters. The lowest BCUT2D eigenvalue weighted by atomic mass is 10.1. The fourth-order valence-electron chi connectivity index (χ4n) is 0.863. The molecule has 3 N–H and O–H groups in total. The maximum Gasteiger partial charge on any atom is 0.113 e. The minimum atomic E-state index is -1.08. The molecule has 0 rings (SSSR count). The second-order valence-corrected chi connectivity index (χ2v) is 2.70. The monoisotopic (exact) mass is 198 g/mol. The van der Waals surface area contributed by atoms with Gasteiger partial charge >= 0.3 is 0 Å². The molecule has 0 aliphatic heterocycles. The number of halogens is 1. The molecule has 4 nitrogen and oxygen atoms in total. The van der Waals surface area contributed by atoms with Crippen molar-refractivity contribution in [3.8, 4) is 0 Å². The van der Waals surface area contributed by atoms with E-state index in [-0.39, 0.29) is 5.88 Å². The third-order valence-corrected chi connectivity index (χ3v) is 1.78. The van der Waals surface area contributed by atoms with E-state index in [9.17, 15) is 5.11 Å². The SMILES string of the molecule is CCO[C@@H](C(O)CO)C(O)CCl. The van der Waals surface area contributed by atoms with Crippen LogP contribution in [0.3, 0.4) is 0 Å². The molecule has 0 aromatic heterocycles. The van der Waals surface area contributed by atoms with Crippen LogP contribution in [-0.2, 0) is 4.74 Å². The lowest BCUT2D eigenvalue weighted by molar-refractivity contribution is -0.103.